The summed E-state index contributed by atoms with van der Waals surface area (Å²) in [5.41, 5.74) is 0. The predicted molar refractivity (Wildman–Crippen MR) is 23.1 cm³/mol. The molecular formula is H3ClNO2P. The van der Waals surface area contributed by atoms with Crippen molar-refractivity contribution >= 4 is 19.8 Å². The SMILES string of the molecule is O=NO.PCl. The Balaban J connectivity index is 0. The fraction of sp³-hybridized carbons (Fsp3) is 0. The second-order valence-corrected chi connectivity index (χ2v) is 0.0816. The first-order valence-corrected chi connectivity index (χ1v) is 2.35. The molecule has 0 rings (SSSR count). The summed E-state index contributed by atoms with van der Waals surface area (Å²) in [6, 6.07) is 0. The molecule has 0 aliphatic rings. The Morgan fingerprint density at radius 1 is 1.80 bits per heavy atom. The summed E-state index contributed by atoms with van der Waals surface area (Å²) in [6.45, 7) is 0. The first-order valence-electron chi connectivity index (χ1n) is 0.601. The minimum absolute atomic E-state index is 1.25. The molecule has 0 radical (unpaired) electrons. The highest BCUT2D eigenvalue weighted by atomic mass is 35.7. The molecule has 1 unspecified atom stereocenters. The third-order valence-electron chi connectivity index (χ3n) is 0. The summed E-state index contributed by atoms with van der Waals surface area (Å²) in [6.07, 6.45) is 0. The lowest BCUT2D eigenvalue weighted by Gasteiger charge is -1.32. The largest absolute Gasteiger partial charge is 0.379 e. The quantitative estimate of drug-likeness (QED) is 0.293. The molecule has 0 aliphatic heterocycles. The molecule has 0 aromatic rings. The molecule has 0 fully saturated rings. The first-order chi connectivity index (χ1) is 2.41. The number of hydrogen-bond acceptors (Lipinski definition) is 2. The van der Waals surface area contributed by atoms with Gasteiger partial charge in [0.2, 0.25) is 0 Å². The van der Waals surface area contributed by atoms with Crippen molar-refractivity contribution in [3.8, 4) is 0 Å². The third-order valence-corrected chi connectivity index (χ3v) is 0. The number of hydrogen-bond donors (Lipinski definition) is 1. The molecule has 0 saturated carbocycles. The summed E-state index contributed by atoms with van der Waals surface area (Å²) in [4.78, 5) is 8.11. The molecule has 0 spiro atoms. The summed E-state index contributed by atoms with van der Waals surface area (Å²) in [5.74, 6) is 0. The third kappa shape index (κ3) is 1290. The van der Waals surface area contributed by atoms with E-state index in [0.717, 1.165) is 0 Å². The Bertz CT molecular complexity index is 17.1. The lowest BCUT2D eigenvalue weighted by Crippen LogP contribution is -1.25. The van der Waals surface area contributed by atoms with E-state index in [1.807, 2.05) is 8.59 Å². The Morgan fingerprint density at radius 3 is 1.80 bits per heavy atom. The zero-order valence-electron chi connectivity index (χ0n) is 2.26. The lowest BCUT2D eigenvalue weighted by molar-refractivity contribution is 0.312. The number of rotatable bonds is 0. The van der Waals surface area contributed by atoms with Gasteiger partial charge in [0.1, 0.15) is 0 Å². The van der Waals surface area contributed by atoms with Crippen LogP contribution in [0, 0.1) is 4.91 Å². The molecule has 0 heterocycles. The summed E-state index contributed by atoms with van der Waals surface area (Å²) < 4.78 is 0. The van der Waals surface area contributed by atoms with Gasteiger partial charge in [0.25, 0.3) is 0 Å². The highest BCUT2D eigenvalue weighted by Crippen LogP contribution is 1.78. The molecule has 32 valence electrons. The standard InChI is InChI=1S/ClH2P.HNO2/c1-2;2-1-3/h2H2;(H,2,3). The molecule has 0 aliphatic carbocycles. The molecule has 3 nitrogen and oxygen atoms in total. The second kappa shape index (κ2) is 32.0. The van der Waals surface area contributed by atoms with E-state index < -0.39 is 0 Å². The van der Waals surface area contributed by atoms with E-state index in [9.17, 15) is 0 Å². The Morgan fingerprint density at radius 2 is 1.80 bits per heavy atom. The van der Waals surface area contributed by atoms with Gasteiger partial charge in [-0.05, 0) is 8.59 Å². The molecule has 0 aromatic heterocycles. The van der Waals surface area contributed by atoms with Gasteiger partial charge in [-0.2, -0.15) is 0 Å². The average molecular weight is 115 g/mol. The Hall–Kier alpha value is 0.120. The smallest absolute Gasteiger partial charge is 0.152 e. The van der Waals surface area contributed by atoms with Gasteiger partial charge in [0, 0.05) is 0 Å². The summed E-state index contributed by atoms with van der Waals surface area (Å²) in [7, 11) is 1.89. The second-order valence-electron chi connectivity index (χ2n) is 0.0816. The highest BCUT2D eigenvalue weighted by Gasteiger charge is 1.18. The fourth-order valence-electron chi connectivity index (χ4n) is 0. The van der Waals surface area contributed by atoms with Crippen molar-refractivity contribution in [3.05, 3.63) is 4.91 Å². The van der Waals surface area contributed by atoms with Crippen LogP contribution in [0.4, 0.5) is 0 Å². The van der Waals surface area contributed by atoms with E-state index in [2.05, 4.69) is 11.2 Å². The van der Waals surface area contributed by atoms with Crippen molar-refractivity contribution in [1.82, 2.24) is 0 Å². The lowest BCUT2D eigenvalue weighted by atomic mass is 13.4. The van der Waals surface area contributed by atoms with E-state index in [1.54, 1.807) is 0 Å². The van der Waals surface area contributed by atoms with E-state index in [-0.39, 0.29) is 0 Å². The van der Waals surface area contributed by atoms with Gasteiger partial charge in [-0.15, -0.1) is 16.1 Å². The maximum Gasteiger partial charge on any atom is 0.152 e. The van der Waals surface area contributed by atoms with Gasteiger partial charge in [-0.25, -0.2) is 0 Å². The van der Waals surface area contributed by atoms with Gasteiger partial charge in [-0.1, -0.05) is 0 Å². The van der Waals surface area contributed by atoms with Crippen molar-refractivity contribution in [2.75, 3.05) is 0 Å². The van der Waals surface area contributed by atoms with Gasteiger partial charge in [0.15, 0.2) is 5.34 Å². The van der Waals surface area contributed by atoms with Crippen molar-refractivity contribution in [1.29, 1.82) is 0 Å². The van der Waals surface area contributed by atoms with E-state index in [1.165, 1.54) is 5.34 Å². The number of nitrogens with zero attached hydrogens (tertiary/aromatic N) is 1. The van der Waals surface area contributed by atoms with E-state index in [4.69, 9.17) is 10.1 Å². The fourth-order valence-corrected chi connectivity index (χ4v) is 0. The van der Waals surface area contributed by atoms with Crippen LogP contribution in [0.1, 0.15) is 0 Å². The molecule has 5 heteroatoms. The molecule has 1 atom stereocenters. The minimum Gasteiger partial charge on any atom is -0.379 e. The topological polar surface area (TPSA) is 49.7 Å². The molecule has 1 N–H and O–H groups in total. The molecule has 0 aromatic carbocycles. The Labute approximate surface area is 36.2 Å². The van der Waals surface area contributed by atoms with Crippen molar-refractivity contribution < 1.29 is 5.21 Å². The average Bonchev–Trinajstić information content (AvgIpc) is 1.46. The van der Waals surface area contributed by atoms with Crippen molar-refractivity contribution in [3.63, 3.8) is 0 Å². The van der Waals surface area contributed by atoms with Crippen LogP contribution in [-0.4, -0.2) is 5.21 Å². The van der Waals surface area contributed by atoms with Crippen molar-refractivity contribution in [2.45, 2.75) is 0 Å². The predicted octanol–water partition coefficient (Wildman–Crippen LogP) is 1.16. The van der Waals surface area contributed by atoms with Crippen LogP contribution in [0.3, 0.4) is 0 Å². The Kier molecular flexibility index (Phi) is 57.1. The maximum absolute atomic E-state index is 8.11. The molecule has 0 saturated heterocycles. The van der Waals surface area contributed by atoms with Crippen LogP contribution in [0.15, 0.2) is 5.34 Å². The van der Waals surface area contributed by atoms with E-state index in [0.29, 0.717) is 0 Å². The van der Waals surface area contributed by atoms with Crippen LogP contribution in [0.25, 0.3) is 0 Å². The van der Waals surface area contributed by atoms with Crippen LogP contribution >= 0.6 is 19.8 Å². The normalized spacial score (nSPS) is 3.60. The van der Waals surface area contributed by atoms with Gasteiger partial charge in [0.05, 0.1) is 0 Å². The number of halogens is 1. The van der Waals surface area contributed by atoms with Gasteiger partial charge in [-0.3, -0.25) is 0 Å². The van der Waals surface area contributed by atoms with Gasteiger partial charge < -0.3 is 5.21 Å². The highest BCUT2D eigenvalue weighted by molar-refractivity contribution is 7.52. The van der Waals surface area contributed by atoms with E-state index >= 15 is 0 Å². The zero-order chi connectivity index (χ0) is 4.71. The molecule has 5 heavy (non-hydrogen) atoms. The summed E-state index contributed by atoms with van der Waals surface area (Å²) in [5, 5.41) is 7.89. The minimum atomic E-state index is 1.25. The monoisotopic (exact) mass is 115 g/mol. The van der Waals surface area contributed by atoms with Crippen molar-refractivity contribution in [2.24, 2.45) is 5.34 Å². The van der Waals surface area contributed by atoms with Crippen LogP contribution in [0.2, 0.25) is 0 Å². The van der Waals surface area contributed by atoms with Crippen LogP contribution in [0.5, 0.6) is 0 Å². The molecular weight excluding hydrogens is 112 g/mol. The van der Waals surface area contributed by atoms with Crippen LogP contribution in [-0.2, 0) is 0 Å². The first kappa shape index (κ1) is 8.93. The summed E-state index contributed by atoms with van der Waals surface area (Å²) >= 11 is 4.56. The molecule has 0 bridgehead atoms. The van der Waals surface area contributed by atoms with Crippen LogP contribution < -0.4 is 0 Å². The molecule has 0 amide bonds. The zero-order valence-corrected chi connectivity index (χ0v) is 4.17. The maximum atomic E-state index is 8.11. The van der Waals surface area contributed by atoms with Gasteiger partial charge >= 0.3 is 0 Å².